The zero-order valence-electron chi connectivity index (χ0n) is 26.6. The summed E-state index contributed by atoms with van der Waals surface area (Å²) in [6, 6.07) is 42.5. The molecule has 1 aliphatic heterocycles. The molecular weight excluding hydrogens is 656 g/mol. The second-order valence-electron chi connectivity index (χ2n) is 11.1. The smallest absolute Gasteiger partial charge is 0.338 e. The molecule has 5 atom stereocenters. The maximum absolute atomic E-state index is 13.7. The van der Waals surface area contributed by atoms with E-state index >= 15 is 0 Å². The van der Waals surface area contributed by atoms with E-state index in [9.17, 15) is 19.2 Å². The number of thioether (sulfide) groups is 1. The molecule has 0 N–H and O–H groups in total. The van der Waals surface area contributed by atoms with Crippen molar-refractivity contribution in [1.82, 2.24) is 0 Å². The zero-order valence-corrected chi connectivity index (χ0v) is 27.4. The first kappa shape index (κ1) is 34.2. The van der Waals surface area contributed by atoms with Gasteiger partial charge >= 0.3 is 23.9 Å². The van der Waals surface area contributed by atoms with Crippen molar-refractivity contribution in [1.29, 1.82) is 0 Å². The first-order valence-corrected chi connectivity index (χ1v) is 16.7. The van der Waals surface area contributed by atoms with Gasteiger partial charge in [-0.25, -0.2) is 19.2 Å². The van der Waals surface area contributed by atoms with E-state index in [0.717, 1.165) is 4.90 Å². The summed E-state index contributed by atoms with van der Waals surface area (Å²) >= 11 is 1.22. The number of rotatable bonds is 11. The van der Waals surface area contributed by atoms with Crippen LogP contribution in [-0.2, 0) is 23.7 Å². The Kier molecular flexibility index (Phi) is 11.3. The summed E-state index contributed by atoms with van der Waals surface area (Å²) in [5, 5.41) is 0. The molecule has 252 valence electrons. The Morgan fingerprint density at radius 3 is 1.26 bits per heavy atom. The highest BCUT2D eigenvalue weighted by molar-refractivity contribution is 7.99. The van der Waals surface area contributed by atoms with Crippen molar-refractivity contribution >= 4 is 35.6 Å². The summed E-state index contributed by atoms with van der Waals surface area (Å²) in [6.45, 7) is -0.384. The van der Waals surface area contributed by atoms with Gasteiger partial charge in [0.2, 0.25) is 0 Å². The van der Waals surface area contributed by atoms with Crippen LogP contribution in [0.15, 0.2) is 157 Å². The van der Waals surface area contributed by atoms with Crippen molar-refractivity contribution in [3.8, 4) is 0 Å². The normalized spacial score (nSPS) is 19.8. The summed E-state index contributed by atoms with van der Waals surface area (Å²) in [5.74, 6) is -2.84. The molecule has 1 fully saturated rings. The van der Waals surface area contributed by atoms with Crippen LogP contribution in [0.3, 0.4) is 0 Å². The van der Waals surface area contributed by atoms with Gasteiger partial charge < -0.3 is 23.7 Å². The summed E-state index contributed by atoms with van der Waals surface area (Å²) < 4.78 is 30.5. The number of carbonyl (C=O) groups is 4. The van der Waals surface area contributed by atoms with Gasteiger partial charge in [-0.3, -0.25) is 0 Å². The van der Waals surface area contributed by atoms with Crippen molar-refractivity contribution in [3.05, 3.63) is 174 Å². The van der Waals surface area contributed by atoms with Crippen LogP contribution in [0, 0.1) is 0 Å². The molecular formula is C40H32O9S. The first-order chi connectivity index (χ1) is 24.5. The summed E-state index contributed by atoms with van der Waals surface area (Å²) in [7, 11) is 0. The second kappa shape index (κ2) is 16.6. The minimum absolute atomic E-state index is 0.222. The SMILES string of the molecule is O=C(OCC1O[C@@H](Sc2ccccc2)C(OC(=O)c2ccccc2)[C@@H](OC(=O)c2ccccc2)[C@H]1OC(=O)c1ccccc1)c1ccccc1. The average molecular weight is 689 g/mol. The van der Waals surface area contributed by atoms with E-state index in [4.69, 9.17) is 23.7 Å². The van der Waals surface area contributed by atoms with Crippen molar-refractivity contribution in [2.24, 2.45) is 0 Å². The third-order valence-corrected chi connectivity index (χ3v) is 8.89. The van der Waals surface area contributed by atoms with Crippen LogP contribution < -0.4 is 0 Å². The molecule has 1 heterocycles. The van der Waals surface area contributed by atoms with Gasteiger partial charge in [-0.15, -0.1) is 0 Å². The largest absolute Gasteiger partial charge is 0.459 e. The Morgan fingerprint density at radius 2 is 0.820 bits per heavy atom. The fourth-order valence-corrected chi connectivity index (χ4v) is 6.38. The molecule has 10 heteroatoms. The van der Waals surface area contributed by atoms with Gasteiger partial charge in [0, 0.05) is 4.90 Å². The monoisotopic (exact) mass is 688 g/mol. The molecule has 6 rings (SSSR count). The van der Waals surface area contributed by atoms with Gasteiger partial charge in [0.1, 0.15) is 18.1 Å². The molecule has 0 amide bonds. The molecule has 0 radical (unpaired) electrons. The number of ether oxygens (including phenoxy) is 5. The highest BCUT2D eigenvalue weighted by Crippen LogP contribution is 2.38. The van der Waals surface area contributed by atoms with Gasteiger partial charge in [0.25, 0.3) is 0 Å². The molecule has 5 aromatic carbocycles. The molecule has 9 nitrogen and oxygen atoms in total. The van der Waals surface area contributed by atoms with Gasteiger partial charge in [-0.05, 0) is 60.7 Å². The predicted molar refractivity (Wildman–Crippen MR) is 185 cm³/mol. The van der Waals surface area contributed by atoms with E-state index in [1.54, 1.807) is 121 Å². The number of benzene rings is 5. The number of esters is 4. The van der Waals surface area contributed by atoms with Crippen LogP contribution in [0.1, 0.15) is 41.4 Å². The third kappa shape index (κ3) is 8.65. The average Bonchev–Trinajstić information content (AvgIpc) is 3.17. The second-order valence-corrected chi connectivity index (χ2v) is 12.3. The molecule has 2 unspecified atom stereocenters. The lowest BCUT2D eigenvalue weighted by atomic mass is 9.98. The molecule has 0 saturated carbocycles. The Hall–Kier alpha value is -5.71. The lowest BCUT2D eigenvalue weighted by Crippen LogP contribution is -2.61. The predicted octanol–water partition coefficient (Wildman–Crippen LogP) is 7.04. The van der Waals surface area contributed by atoms with Crippen LogP contribution >= 0.6 is 11.8 Å². The molecule has 1 aliphatic rings. The lowest BCUT2D eigenvalue weighted by molar-refractivity contribution is -0.207. The zero-order chi connectivity index (χ0) is 34.7. The summed E-state index contributed by atoms with van der Waals surface area (Å²) in [6.07, 6.45) is -5.24. The van der Waals surface area contributed by atoms with Gasteiger partial charge in [0.15, 0.2) is 18.3 Å². The lowest BCUT2D eigenvalue weighted by Gasteiger charge is -2.44. The maximum Gasteiger partial charge on any atom is 0.338 e. The van der Waals surface area contributed by atoms with Gasteiger partial charge in [-0.1, -0.05) is 103 Å². The number of hydrogen-bond donors (Lipinski definition) is 0. The highest BCUT2D eigenvalue weighted by Gasteiger charge is 2.53. The molecule has 0 aromatic heterocycles. The number of carbonyl (C=O) groups excluding carboxylic acids is 4. The van der Waals surface area contributed by atoms with Crippen LogP contribution in [-0.4, -0.2) is 60.3 Å². The molecule has 0 aliphatic carbocycles. The topological polar surface area (TPSA) is 114 Å². The molecule has 1 saturated heterocycles. The fourth-order valence-electron chi connectivity index (χ4n) is 5.26. The minimum atomic E-state index is -1.40. The number of hydrogen-bond acceptors (Lipinski definition) is 10. The molecule has 5 aromatic rings. The quantitative estimate of drug-likeness (QED) is 0.106. The van der Waals surface area contributed by atoms with Gasteiger partial charge in [0.05, 0.1) is 22.3 Å². The Balaban J connectivity index is 1.41. The maximum atomic E-state index is 13.7. The highest BCUT2D eigenvalue weighted by atomic mass is 32.2. The summed E-state index contributed by atoms with van der Waals surface area (Å²) in [5.41, 5.74) is -0.0106. The standard InChI is InChI=1S/C40H32O9S/c41-36(27-16-6-1-7-17-27)45-26-32-33(47-37(42)28-18-8-2-9-19-28)34(48-38(43)29-20-10-3-11-21-29)35(49-39(44)30-22-12-4-13-23-30)40(46-32)50-31-24-14-5-15-25-31/h1-25,32-35,40H,26H2/t32?,33-,34-,35?,40-/m0/s1. The summed E-state index contributed by atoms with van der Waals surface area (Å²) in [4.78, 5) is 54.7. The van der Waals surface area contributed by atoms with E-state index < -0.39 is 53.7 Å². The molecule has 0 bridgehead atoms. The Bertz CT molecular complexity index is 1870. The van der Waals surface area contributed by atoms with Crippen LogP contribution in [0.25, 0.3) is 0 Å². The fraction of sp³-hybridized carbons (Fsp3) is 0.150. The van der Waals surface area contributed by atoms with Gasteiger partial charge in [-0.2, -0.15) is 0 Å². The van der Waals surface area contributed by atoms with E-state index in [2.05, 4.69) is 0 Å². The van der Waals surface area contributed by atoms with Crippen molar-refractivity contribution in [3.63, 3.8) is 0 Å². The van der Waals surface area contributed by atoms with E-state index in [0.29, 0.717) is 5.56 Å². The Morgan fingerprint density at radius 1 is 0.460 bits per heavy atom. The van der Waals surface area contributed by atoms with E-state index in [1.807, 2.05) is 30.3 Å². The Labute approximate surface area is 293 Å². The molecule has 50 heavy (non-hydrogen) atoms. The van der Waals surface area contributed by atoms with E-state index in [1.165, 1.54) is 11.8 Å². The van der Waals surface area contributed by atoms with Crippen LogP contribution in [0.2, 0.25) is 0 Å². The van der Waals surface area contributed by atoms with Crippen LogP contribution in [0.4, 0.5) is 0 Å². The third-order valence-electron chi connectivity index (χ3n) is 7.73. The minimum Gasteiger partial charge on any atom is -0.459 e. The van der Waals surface area contributed by atoms with Crippen LogP contribution in [0.5, 0.6) is 0 Å². The van der Waals surface area contributed by atoms with Crippen molar-refractivity contribution < 1.29 is 42.9 Å². The van der Waals surface area contributed by atoms with Crippen molar-refractivity contribution in [2.75, 3.05) is 6.61 Å². The van der Waals surface area contributed by atoms with Crippen molar-refractivity contribution in [2.45, 2.75) is 34.7 Å². The molecule has 0 spiro atoms. The van der Waals surface area contributed by atoms with E-state index in [-0.39, 0.29) is 23.3 Å². The first-order valence-electron chi connectivity index (χ1n) is 15.8.